The van der Waals surface area contributed by atoms with Gasteiger partial charge in [0.05, 0.1) is 6.54 Å². The second-order valence-electron chi connectivity index (χ2n) is 5.86. The van der Waals surface area contributed by atoms with Crippen LogP contribution >= 0.6 is 0 Å². The van der Waals surface area contributed by atoms with Crippen molar-refractivity contribution in [1.29, 1.82) is 0 Å². The van der Waals surface area contributed by atoms with Crippen molar-refractivity contribution in [2.45, 2.75) is 46.1 Å². The van der Waals surface area contributed by atoms with Gasteiger partial charge < -0.3 is 10.6 Å². The molecule has 2 N–H and O–H groups in total. The maximum atomic E-state index is 13.9. The third kappa shape index (κ3) is 4.83. The minimum atomic E-state index is -0.343. The van der Waals surface area contributed by atoms with Crippen molar-refractivity contribution < 1.29 is 4.39 Å². The van der Waals surface area contributed by atoms with Gasteiger partial charge in [-0.3, -0.25) is 4.99 Å². The Hall–Kier alpha value is -1.58. The predicted octanol–water partition coefficient (Wildman–Crippen LogP) is 3.07. The molecule has 0 radical (unpaired) electrons. The summed E-state index contributed by atoms with van der Waals surface area (Å²) in [5.41, 5.74) is 0.356. The molecule has 0 heterocycles. The second kappa shape index (κ2) is 7.27. The molecule has 4 heteroatoms. The van der Waals surface area contributed by atoms with E-state index in [-0.39, 0.29) is 11.2 Å². The van der Waals surface area contributed by atoms with Crippen LogP contribution in [0.2, 0.25) is 0 Å². The van der Waals surface area contributed by atoms with Crippen LogP contribution in [0.3, 0.4) is 0 Å². The molecule has 0 saturated carbocycles. The molecule has 0 saturated heterocycles. The molecule has 0 spiro atoms. The van der Waals surface area contributed by atoms with Crippen LogP contribution in [0.25, 0.3) is 0 Å². The summed E-state index contributed by atoms with van der Waals surface area (Å²) in [5.74, 6) is 0.599. The molecule has 0 atom stereocenters. The minimum Gasteiger partial charge on any atom is -0.357 e. The highest BCUT2D eigenvalue weighted by molar-refractivity contribution is 5.80. The number of nitrogens with one attached hydrogen (secondary N) is 2. The maximum Gasteiger partial charge on any atom is 0.191 e. The van der Waals surface area contributed by atoms with Gasteiger partial charge in [0.25, 0.3) is 0 Å². The third-order valence-electron chi connectivity index (χ3n) is 3.01. The van der Waals surface area contributed by atoms with Gasteiger partial charge in [0.15, 0.2) is 5.96 Å². The van der Waals surface area contributed by atoms with Crippen molar-refractivity contribution >= 4 is 5.96 Å². The van der Waals surface area contributed by atoms with Gasteiger partial charge in [0.1, 0.15) is 5.82 Å². The number of aliphatic imine (C=N–C) groups is 1. The second-order valence-corrected chi connectivity index (χ2v) is 5.86. The van der Waals surface area contributed by atoms with Crippen LogP contribution in [0.4, 0.5) is 4.39 Å². The monoisotopic (exact) mass is 279 g/mol. The highest BCUT2D eigenvalue weighted by atomic mass is 19.1. The summed E-state index contributed by atoms with van der Waals surface area (Å²) in [6.45, 7) is 11.5. The number of rotatable bonds is 5. The van der Waals surface area contributed by atoms with E-state index in [9.17, 15) is 4.39 Å². The number of hydrogen-bond donors (Lipinski definition) is 2. The first kappa shape index (κ1) is 16.5. The van der Waals surface area contributed by atoms with E-state index >= 15 is 0 Å². The van der Waals surface area contributed by atoms with Crippen LogP contribution in [0.5, 0.6) is 0 Å². The summed E-state index contributed by atoms with van der Waals surface area (Å²) in [6.07, 6.45) is 0. The molecule has 1 rings (SSSR count). The molecule has 20 heavy (non-hydrogen) atoms. The molecule has 0 aliphatic carbocycles. The summed E-state index contributed by atoms with van der Waals surface area (Å²) in [7, 11) is 0. The van der Waals surface area contributed by atoms with Crippen molar-refractivity contribution in [3.63, 3.8) is 0 Å². The standard InChI is InChI=1S/C16H26FN3/c1-6-18-15(20-12(2)3)19-11-16(4,5)13-9-7-8-10-14(13)17/h7-10,12H,6,11H2,1-5H3,(H2,18,19,20). The number of halogens is 1. The zero-order chi connectivity index (χ0) is 15.2. The molecule has 1 aromatic rings. The smallest absolute Gasteiger partial charge is 0.191 e. The fraction of sp³-hybridized carbons (Fsp3) is 0.562. The van der Waals surface area contributed by atoms with E-state index in [4.69, 9.17) is 0 Å². The van der Waals surface area contributed by atoms with Crippen LogP contribution in [0.15, 0.2) is 29.3 Å². The van der Waals surface area contributed by atoms with Gasteiger partial charge in [0.2, 0.25) is 0 Å². The van der Waals surface area contributed by atoms with E-state index in [0.29, 0.717) is 18.2 Å². The SMILES string of the molecule is CCNC(=NCC(C)(C)c1ccccc1F)NC(C)C. The van der Waals surface area contributed by atoms with Crippen LogP contribution in [0.1, 0.15) is 40.2 Å². The molecule has 0 fully saturated rings. The van der Waals surface area contributed by atoms with Crippen LogP contribution in [-0.4, -0.2) is 25.1 Å². The van der Waals surface area contributed by atoms with Crippen LogP contribution in [0, 0.1) is 5.82 Å². The maximum absolute atomic E-state index is 13.9. The van der Waals surface area contributed by atoms with E-state index < -0.39 is 0 Å². The van der Waals surface area contributed by atoms with E-state index in [1.54, 1.807) is 6.07 Å². The largest absolute Gasteiger partial charge is 0.357 e. The van der Waals surface area contributed by atoms with Crippen molar-refractivity contribution in [2.75, 3.05) is 13.1 Å². The van der Waals surface area contributed by atoms with Crippen LogP contribution < -0.4 is 10.6 Å². The lowest BCUT2D eigenvalue weighted by molar-refractivity contribution is 0.492. The Balaban J connectivity index is 2.86. The third-order valence-corrected chi connectivity index (χ3v) is 3.01. The Morgan fingerprint density at radius 2 is 1.95 bits per heavy atom. The fourth-order valence-corrected chi connectivity index (χ4v) is 1.97. The van der Waals surface area contributed by atoms with Gasteiger partial charge in [-0.1, -0.05) is 32.0 Å². The van der Waals surface area contributed by atoms with Gasteiger partial charge in [-0.15, -0.1) is 0 Å². The molecule has 0 amide bonds. The molecule has 0 unspecified atom stereocenters. The molecule has 0 aliphatic rings. The molecule has 112 valence electrons. The number of nitrogens with zero attached hydrogens (tertiary/aromatic N) is 1. The zero-order valence-corrected chi connectivity index (χ0v) is 13.1. The lowest BCUT2D eigenvalue weighted by Gasteiger charge is -2.24. The van der Waals surface area contributed by atoms with Gasteiger partial charge in [-0.05, 0) is 32.4 Å². The predicted molar refractivity (Wildman–Crippen MR) is 83.7 cm³/mol. The first-order valence-electron chi connectivity index (χ1n) is 7.16. The molecule has 1 aromatic carbocycles. The molecule has 0 aromatic heterocycles. The van der Waals surface area contributed by atoms with Gasteiger partial charge in [-0.2, -0.15) is 0 Å². The van der Waals surface area contributed by atoms with E-state index in [2.05, 4.69) is 29.5 Å². The minimum absolute atomic E-state index is 0.172. The summed E-state index contributed by atoms with van der Waals surface area (Å²) in [5, 5.41) is 6.46. The molecule has 0 aliphatic heterocycles. The van der Waals surface area contributed by atoms with Crippen LogP contribution in [-0.2, 0) is 5.41 Å². The lowest BCUT2D eigenvalue weighted by atomic mass is 9.84. The Morgan fingerprint density at radius 3 is 2.50 bits per heavy atom. The first-order valence-corrected chi connectivity index (χ1v) is 7.16. The topological polar surface area (TPSA) is 36.4 Å². The average molecular weight is 279 g/mol. The fourth-order valence-electron chi connectivity index (χ4n) is 1.97. The Bertz CT molecular complexity index is 453. The summed E-state index contributed by atoms with van der Waals surface area (Å²) in [6, 6.07) is 7.21. The summed E-state index contributed by atoms with van der Waals surface area (Å²) in [4.78, 5) is 4.57. The Morgan fingerprint density at radius 1 is 1.30 bits per heavy atom. The summed E-state index contributed by atoms with van der Waals surface area (Å²) >= 11 is 0. The van der Waals surface area contributed by atoms with E-state index in [1.807, 2.05) is 32.9 Å². The quantitative estimate of drug-likeness (QED) is 0.642. The number of hydrogen-bond acceptors (Lipinski definition) is 1. The lowest BCUT2D eigenvalue weighted by Crippen LogP contribution is -2.42. The van der Waals surface area contributed by atoms with Crippen molar-refractivity contribution in [3.8, 4) is 0 Å². The number of benzene rings is 1. The molecular weight excluding hydrogens is 253 g/mol. The summed E-state index contributed by atoms with van der Waals surface area (Å²) < 4.78 is 13.9. The highest BCUT2D eigenvalue weighted by Crippen LogP contribution is 2.25. The van der Waals surface area contributed by atoms with Crippen molar-refractivity contribution in [1.82, 2.24) is 10.6 Å². The Labute approximate surface area is 121 Å². The normalized spacial score (nSPS) is 12.7. The average Bonchev–Trinajstić information content (AvgIpc) is 2.36. The van der Waals surface area contributed by atoms with Crippen molar-refractivity contribution in [3.05, 3.63) is 35.6 Å². The van der Waals surface area contributed by atoms with Crippen molar-refractivity contribution in [2.24, 2.45) is 4.99 Å². The van der Waals surface area contributed by atoms with Gasteiger partial charge in [-0.25, -0.2) is 4.39 Å². The highest BCUT2D eigenvalue weighted by Gasteiger charge is 2.23. The Kier molecular flexibility index (Phi) is 5.99. The molecule has 3 nitrogen and oxygen atoms in total. The first-order chi connectivity index (χ1) is 9.36. The van der Waals surface area contributed by atoms with E-state index in [1.165, 1.54) is 6.07 Å². The zero-order valence-electron chi connectivity index (χ0n) is 13.1. The number of guanidine groups is 1. The van der Waals surface area contributed by atoms with Gasteiger partial charge in [0, 0.05) is 18.0 Å². The van der Waals surface area contributed by atoms with Gasteiger partial charge >= 0.3 is 0 Å². The molecular formula is C16H26FN3. The molecule has 0 bridgehead atoms. The van der Waals surface area contributed by atoms with E-state index in [0.717, 1.165) is 12.5 Å².